The van der Waals surface area contributed by atoms with Crippen LogP contribution >= 0.6 is 50.9 Å². The van der Waals surface area contributed by atoms with Crippen LogP contribution in [-0.4, -0.2) is 23.2 Å². The van der Waals surface area contributed by atoms with Gasteiger partial charge in [-0.05, 0) is 59.8 Å². The lowest BCUT2D eigenvalue weighted by Crippen LogP contribution is -2.00. The standard InChI is InChI=1S/C24H16BrCl2NO5S/c1-31-20-8-14(16(25)11-21(20)32-12-13-6-7-15(26)10-17(13)27)9-22(23(29)30)34-24-28-18-4-2-3-5-19(18)33-24/h2-11H,12H2,1H3,(H,29,30)/b22-9-. The molecule has 0 unspecified atom stereocenters. The second-order valence-corrected chi connectivity index (χ2v) is 9.60. The first-order valence-corrected chi connectivity index (χ1v) is 12.1. The van der Waals surface area contributed by atoms with E-state index in [2.05, 4.69) is 20.9 Å². The zero-order valence-corrected chi connectivity index (χ0v) is 21.5. The molecule has 0 amide bonds. The van der Waals surface area contributed by atoms with Crippen molar-refractivity contribution in [1.29, 1.82) is 0 Å². The molecule has 0 aliphatic heterocycles. The molecule has 3 aromatic carbocycles. The fourth-order valence-electron chi connectivity index (χ4n) is 2.99. The van der Waals surface area contributed by atoms with Crippen molar-refractivity contribution < 1.29 is 23.8 Å². The van der Waals surface area contributed by atoms with Gasteiger partial charge in [-0.2, -0.15) is 0 Å². The number of oxazole rings is 1. The second kappa shape index (κ2) is 10.7. The predicted molar refractivity (Wildman–Crippen MR) is 137 cm³/mol. The molecule has 0 spiro atoms. The molecule has 0 aliphatic carbocycles. The molecule has 1 heterocycles. The minimum absolute atomic E-state index is 0.0240. The van der Waals surface area contributed by atoms with Crippen molar-refractivity contribution in [3.63, 3.8) is 0 Å². The molecule has 10 heteroatoms. The van der Waals surface area contributed by atoms with Gasteiger partial charge in [0.05, 0.1) is 7.11 Å². The summed E-state index contributed by atoms with van der Waals surface area (Å²) in [6, 6.07) is 15.8. The van der Waals surface area contributed by atoms with E-state index < -0.39 is 5.97 Å². The largest absolute Gasteiger partial charge is 0.493 e. The van der Waals surface area contributed by atoms with Gasteiger partial charge in [0.1, 0.15) is 17.0 Å². The van der Waals surface area contributed by atoms with Crippen molar-refractivity contribution in [3.8, 4) is 11.5 Å². The molecule has 0 aliphatic rings. The molecule has 6 nitrogen and oxygen atoms in total. The average molecular weight is 581 g/mol. The van der Waals surface area contributed by atoms with Gasteiger partial charge in [0, 0.05) is 20.1 Å². The van der Waals surface area contributed by atoms with Crippen LogP contribution in [-0.2, 0) is 11.4 Å². The third kappa shape index (κ3) is 5.70. The average Bonchev–Trinajstić information content (AvgIpc) is 3.21. The zero-order valence-electron chi connectivity index (χ0n) is 17.6. The summed E-state index contributed by atoms with van der Waals surface area (Å²) >= 11 is 16.6. The van der Waals surface area contributed by atoms with Gasteiger partial charge in [0.25, 0.3) is 5.22 Å². The molecule has 4 aromatic rings. The van der Waals surface area contributed by atoms with Crippen molar-refractivity contribution >= 4 is 74.0 Å². The first-order chi connectivity index (χ1) is 16.3. The number of hydrogen-bond donors (Lipinski definition) is 1. The Morgan fingerprint density at radius 3 is 2.68 bits per heavy atom. The Bertz CT molecular complexity index is 1370. The maximum atomic E-state index is 11.9. The van der Waals surface area contributed by atoms with Crippen LogP contribution in [0.3, 0.4) is 0 Å². The highest BCUT2D eigenvalue weighted by atomic mass is 79.9. The van der Waals surface area contributed by atoms with Gasteiger partial charge in [0.2, 0.25) is 0 Å². The summed E-state index contributed by atoms with van der Waals surface area (Å²) in [5.41, 5.74) is 2.57. The first kappa shape index (κ1) is 24.5. The van der Waals surface area contributed by atoms with Gasteiger partial charge in [-0.3, -0.25) is 0 Å². The van der Waals surface area contributed by atoms with E-state index in [1.54, 1.807) is 42.5 Å². The third-order valence-corrected chi connectivity index (χ3v) is 6.79. The van der Waals surface area contributed by atoms with Gasteiger partial charge in [-0.1, -0.05) is 57.3 Å². The van der Waals surface area contributed by atoms with Crippen molar-refractivity contribution in [2.75, 3.05) is 7.11 Å². The van der Waals surface area contributed by atoms with Gasteiger partial charge >= 0.3 is 5.97 Å². The fraction of sp³-hybridized carbons (Fsp3) is 0.0833. The second-order valence-electron chi connectivity index (χ2n) is 6.91. The number of carbonyl (C=O) groups is 1. The van der Waals surface area contributed by atoms with Crippen molar-refractivity contribution in [1.82, 2.24) is 4.98 Å². The lowest BCUT2D eigenvalue weighted by atomic mass is 10.2. The molecule has 0 saturated heterocycles. The molecule has 0 saturated carbocycles. The number of carboxylic acid groups (broad SMARTS) is 1. The molecular weight excluding hydrogens is 565 g/mol. The molecular formula is C24H16BrCl2NO5S. The van der Waals surface area contributed by atoms with Crippen LogP contribution in [0.2, 0.25) is 10.0 Å². The monoisotopic (exact) mass is 579 g/mol. The Labute approximate surface area is 217 Å². The summed E-state index contributed by atoms with van der Waals surface area (Å²) < 4.78 is 17.6. The number of benzene rings is 3. The van der Waals surface area contributed by atoms with Gasteiger partial charge < -0.3 is 19.0 Å². The van der Waals surface area contributed by atoms with Gasteiger partial charge in [-0.25, -0.2) is 9.78 Å². The number of rotatable bonds is 8. The van der Waals surface area contributed by atoms with Crippen LogP contribution < -0.4 is 9.47 Å². The molecule has 34 heavy (non-hydrogen) atoms. The molecule has 0 bridgehead atoms. The number of aliphatic carboxylic acids is 1. The lowest BCUT2D eigenvalue weighted by Gasteiger charge is -2.14. The predicted octanol–water partition coefficient (Wildman–Crippen LogP) is 7.70. The van der Waals surface area contributed by atoms with Crippen LogP contribution in [0.1, 0.15) is 11.1 Å². The molecule has 1 aromatic heterocycles. The van der Waals surface area contributed by atoms with Crippen molar-refractivity contribution in [3.05, 3.63) is 85.1 Å². The van der Waals surface area contributed by atoms with Gasteiger partial charge in [0.15, 0.2) is 17.1 Å². The number of halogens is 3. The van der Waals surface area contributed by atoms with E-state index in [4.69, 9.17) is 37.1 Å². The van der Waals surface area contributed by atoms with E-state index in [1.165, 1.54) is 13.2 Å². The summed E-state index contributed by atoms with van der Waals surface area (Å²) in [6.45, 7) is 0.196. The van der Waals surface area contributed by atoms with E-state index in [1.807, 2.05) is 12.1 Å². The van der Waals surface area contributed by atoms with Crippen LogP contribution in [0, 0.1) is 0 Å². The minimum atomic E-state index is -1.11. The summed E-state index contributed by atoms with van der Waals surface area (Å²) in [6.07, 6.45) is 1.51. The van der Waals surface area contributed by atoms with E-state index in [-0.39, 0.29) is 16.7 Å². The summed E-state index contributed by atoms with van der Waals surface area (Å²) in [4.78, 5) is 16.3. The Kier molecular flexibility index (Phi) is 7.73. The number of aromatic nitrogens is 1. The highest BCUT2D eigenvalue weighted by molar-refractivity contribution is 9.10. The highest BCUT2D eigenvalue weighted by Crippen LogP contribution is 2.37. The number of nitrogens with zero attached hydrogens (tertiary/aromatic N) is 1. The maximum Gasteiger partial charge on any atom is 0.342 e. The first-order valence-electron chi connectivity index (χ1n) is 9.76. The van der Waals surface area contributed by atoms with Crippen molar-refractivity contribution in [2.45, 2.75) is 11.8 Å². The summed E-state index contributed by atoms with van der Waals surface area (Å²) in [5.74, 6) is -0.229. The quantitative estimate of drug-likeness (QED) is 0.169. The molecule has 0 fully saturated rings. The molecule has 174 valence electrons. The number of ether oxygens (including phenoxy) is 2. The Balaban J connectivity index is 1.59. The SMILES string of the molecule is COc1cc(/C=C(\Sc2nc3ccccc3o2)C(=O)O)c(Br)cc1OCc1ccc(Cl)cc1Cl. The van der Waals surface area contributed by atoms with E-state index >= 15 is 0 Å². The van der Waals surface area contributed by atoms with Crippen LogP contribution in [0.25, 0.3) is 17.2 Å². The Morgan fingerprint density at radius 2 is 1.97 bits per heavy atom. The number of carboxylic acids is 1. The number of methoxy groups -OCH3 is 1. The smallest absolute Gasteiger partial charge is 0.342 e. The third-order valence-electron chi connectivity index (χ3n) is 4.65. The number of hydrogen-bond acceptors (Lipinski definition) is 6. The zero-order chi connectivity index (χ0) is 24.2. The number of thioether (sulfide) groups is 1. The van der Waals surface area contributed by atoms with E-state index in [0.717, 1.165) is 17.3 Å². The van der Waals surface area contributed by atoms with Gasteiger partial charge in [-0.15, -0.1) is 0 Å². The van der Waals surface area contributed by atoms with Crippen LogP contribution in [0.4, 0.5) is 0 Å². The highest BCUT2D eigenvalue weighted by Gasteiger charge is 2.17. The topological polar surface area (TPSA) is 81.8 Å². The number of fused-ring (bicyclic) bond motifs is 1. The van der Waals surface area contributed by atoms with Crippen LogP contribution in [0.5, 0.6) is 11.5 Å². The molecule has 1 N–H and O–H groups in total. The lowest BCUT2D eigenvalue weighted by molar-refractivity contribution is -0.131. The maximum absolute atomic E-state index is 11.9. The summed E-state index contributed by atoms with van der Waals surface area (Å²) in [5, 5.41) is 11.0. The molecule has 4 rings (SSSR count). The molecule has 0 atom stereocenters. The Hall–Kier alpha value is -2.65. The van der Waals surface area contributed by atoms with E-state index in [9.17, 15) is 9.90 Å². The van der Waals surface area contributed by atoms with Crippen LogP contribution in [0.15, 0.2) is 73.6 Å². The summed E-state index contributed by atoms with van der Waals surface area (Å²) in [7, 11) is 1.50. The molecule has 0 radical (unpaired) electrons. The Morgan fingerprint density at radius 1 is 1.18 bits per heavy atom. The fourth-order valence-corrected chi connectivity index (χ4v) is 4.63. The van der Waals surface area contributed by atoms with E-state index in [0.29, 0.717) is 42.7 Å². The normalized spacial score (nSPS) is 11.6. The van der Waals surface area contributed by atoms with Crippen molar-refractivity contribution in [2.24, 2.45) is 0 Å². The minimum Gasteiger partial charge on any atom is -0.493 e. The number of para-hydroxylation sites is 2.